The van der Waals surface area contributed by atoms with E-state index >= 15 is 0 Å². The Hall–Kier alpha value is -2.21. The number of benzene rings is 1. The molecule has 0 saturated carbocycles. The number of nitrogens with zero attached hydrogens (tertiary/aromatic N) is 3. The summed E-state index contributed by atoms with van der Waals surface area (Å²) in [5.74, 6) is 0. The van der Waals surface area contributed by atoms with E-state index in [1.807, 2.05) is 4.57 Å². The Bertz CT molecular complexity index is 577. The predicted molar refractivity (Wildman–Crippen MR) is 63.1 cm³/mol. The van der Waals surface area contributed by atoms with E-state index in [0.29, 0.717) is 13.2 Å². The van der Waals surface area contributed by atoms with E-state index in [0.717, 1.165) is 11.3 Å². The summed E-state index contributed by atoms with van der Waals surface area (Å²) in [6.07, 6.45) is 3.54. The number of imidazole rings is 1. The second-order valence-corrected chi connectivity index (χ2v) is 4.17. The molecule has 18 heavy (non-hydrogen) atoms. The Morgan fingerprint density at radius 3 is 2.89 bits per heavy atom. The number of nitro groups is 1. The molecule has 0 spiro atoms. The van der Waals surface area contributed by atoms with Crippen molar-refractivity contribution in [2.75, 3.05) is 6.61 Å². The zero-order valence-electron chi connectivity index (χ0n) is 9.52. The third-order valence-electron chi connectivity index (χ3n) is 3.10. The number of rotatable bonds is 2. The SMILES string of the molecule is O=[N+]([O-])c1ccc(C2COCc3cncn32)cc1. The average molecular weight is 245 g/mol. The normalized spacial score (nSPS) is 18.3. The van der Waals surface area contributed by atoms with Gasteiger partial charge in [-0.2, -0.15) is 0 Å². The molecule has 2 heterocycles. The standard InChI is InChI=1S/C12H11N3O3/c16-15(17)10-3-1-9(2-4-10)12-7-18-6-11-5-13-8-14(11)12/h1-5,8,12H,6-7H2. The fourth-order valence-corrected chi connectivity index (χ4v) is 2.15. The molecule has 0 aliphatic carbocycles. The van der Waals surface area contributed by atoms with Crippen LogP contribution in [0.4, 0.5) is 5.69 Å². The van der Waals surface area contributed by atoms with Gasteiger partial charge in [-0.3, -0.25) is 10.1 Å². The first kappa shape index (κ1) is 10.9. The molecule has 0 fully saturated rings. The van der Waals surface area contributed by atoms with Gasteiger partial charge in [-0.25, -0.2) is 4.98 Å². The fraction of sp³-hybridized carbons (Fsp3) is 0.250. The lowest BCUT2D eigenvalue weighted by Gasteiger charge is -2.25. The van der Waals surface area contributed by atoms with Crippen LogP contribution in [0.5, 0.6) is 0 Å². The maximum atomic E-state index is 10.6. The van der Waals surface area contributed by atoms with Gasteiger partial charge in [0.15, 0.2) is 0 Å². The van der Waals surface area contributed by atoms with Gasteiger partial charge >= 0.3 is 0 Å². The predicted octanol–water partition coefficient (Wildman–Crippen LogP) is 1.91. The van der Waals surface area contributed by atoms with E-state index in [9.17, 15) is 10.1 Å². The Morgan fingerprint density at radius 2 is 2.17 bits per heavy atom. The monoisotopic (exact) mass is 245 g/mol. The van der Waals surface area contributed by atoms with Crippen molar-refractivity contribution in [1.82, 2.24) is 9.55 Å². The highest BCUT2D eigenvalue weighted by atomic mass is 16.6. The number of hydrogen-bond donors (Lipinski definition) is 0. The lowest BCUT2D eigenvalue weighted by atomic mass is 10.1. The molecule has 1 aliphatic rings. The molecule has 0 saturated heterocycles. The van der Waals surface area contributed by atoms with Gasteiger partial charge in [0.05, 0.1) is 42.4 Å². The van der Waals surface area contributed by atoms with Crippen LogP contribution in [-0.2, 0) is 11.3 Å². The van der Waals surface area contributed by atoms with Crippen LogP contribution < -0.4 is 0 Å². The lowest BCUT2D eigenvalue weighted by Crippen LogP contribution is -2.23. The third-order valence-corrected chi connectivity index (χ3v) is 3.10. The van der Waals surface area contributed by atoms with E-state index in [4.69, 9.17) is 4.74 Å². The maximum Gasteiger partial charge on any atom is 0.269 e. The summed E-state index contributed by atoms with van der Waals surface area (Å²) < 4.78 is 7.55. The molecule has 1 unspecified atom stereocenters. The van der Waals surface area contributed by atoms with Crippen LogP contribution in [0.25, 0.3) is 0 Å². The van der Waals surface area contributed by atoms with Gasteiger partial charge in [0.25, 0.3) is 5.69 Å². The van der Waals surface area contributed by atoms with Crippen molar-refractivity contribution in [3.05, 3.63) is 58.2 Å². The van der Waals surface area contributed by atoms with Crippen molar-refractivity contribution < 1.29 is 9.66 Å². The Kier molecular flexibility index (Phi) is 2.56. The van der Waals surface area contributed by atoms with Gasteiger partial charge in [-0.1, -0.05) is 12.1 Å². The van der Waals surface area contributed by atoms with Gasteiger partial charge in [0, 0.05) is 12.1 Å². The topological polar surface area (TPSA) is 70.2 Å². The van der Waals surface area contributed by atoms with Crippen molar-refractivity contribution in [2.24, 2.45) is 0 Å². The number of hydrogen-bond acceptors (Lipinski definition) is 4. The second-order valence-electron chi connectivity index (χ2n) is 4.17. The Morgan fingerprint density at radius 1 is 1.39 bits per heavy atom. The molecule has 0 N–H and O–H groups in total. The molecule has 0 bridgehead atoms. The van der Waals surface area contributed by atoms with Gasteiger partial charge in [-0.15, -0.1) is 0 Å². The molecule has 6 nitrogen and oxygen atoms in total. The van der Waals surface area contributed by atoms with Gasteiger partial charge in [0.1, 0.15) is 0 Å². The molecule has 0 radical (unpaired) electrons. The highest BCUT2D eigenvalue weighted by Gasteiger charge is 2.21. The number of non-ortho nitro benzene ring substituents is 1. The Balaban J connectivity index is 1.95. The third kappa shape index (κ3) is 1.76. The molecule has 1 aromatic heterocycles. The summed E-state index contributed by atoms with van der Waals surface area (Å²) >= 11 is 0. The van der Waals surface area contributed by atoms with Crippen LogP contribution in [0.1, 0.15) is 17.3 Å². The highest BCUT2D eigenvalue weighted by molar-refractivity contribution is 5.35. The minimum Gasteiger partial charge on any atom is -0.373 e. The van der Waals surface area contributed by atoms with Crippen LogP contribution in [0, 0.1) is 10.1 Å². The molecular weight excluding hydrogens is 234 g/mol. The van der Waals surface area contributed by atoms with Gasteiger partial charge in [0.2, 0.25) is 0 Å². The number of aromatic nitrogens is 2. The lowest BCUT2D eigenvalue weighted by molar-refractivity contribution is -0.384. The fourth-order valence-electron chi connectivity index (χ4n) is 2.15. The second kappa shape index (κ2) is 4.23. The van der Waals surface area contributed by atoms with E-state index in [1.165, 1.54) is 12.1 Å². The minimum absolute atomic E-state index is 0.0389. The van der Waals surface area contributed by atoms with Gasteiger partial charge < -0.3 is 9.30 Å². The number of nitro benzene ring substituents is 1. The summed E-state index contributed by atoms with van der Waals surface area (Å²) in [5, 5.41) is 10.6. The zero-order valence-corrected chi connectivity index (χ0v) is 9.52. The molecule has 92 valence electrons. The average Bonchev–Trinajstić information content (AvgIpc) is 2.87. The quantitative estimate of drug-likeness (QED) is 0.598. The maximum absolute atomic E-state index is 10.6. The van der Waals surface area contributed by atoms with Crippen LogP contribution in [0.3, 0.4) is 0 Å². The first-order chi connectivity index (χ1) is 8.75. The van der Waals surface area contributed by atoms with E-state index in [1.54, 1.807) is 24.7 Å². The zero-order chi connectivity index (χ0) is 12.5. The summed E-state index contributed by atoms with van der Waals surface area (Å²) in [7, 11) is 0. The minimum atomic E-state index is -0.399. The molecule has 0 amide bonds. The smallest absolute Gasteiger partial charge is 0.269 e. The van der Waals surface area contributed by atoms with Crippen LogP contribution in [-0.4, -0.2) is 21.1 Å². The van der Waals surface area contributed by atoms with E-state index < -0.39 is 4.92 Å². The van der Waals surface area contributed by atoms with E-state index in [2.05, 4.69) is 4.98 Å². The number of fused-ring (bicyclic) bond motifs is 1. The van der Waals surface area contributed by atoms with Gasteiger partial charge in [-0.05, 0) is 5.56 Å². The molecule has 3 rings (SSSR count). The molecule has 1 aromatic carbocycles. The first-order valence-electron chi connectivity index (χ1n) is 5.58. The highest BCUT2D eigenvalue weighted by Crippen LogP contribution is 2.26. The summed E-state index contributed by atoms with van der Waals surface area (Å²) in [6.45, 7) is 1.12. The molecule has 2 aromatic rings. The summed E-state index contributed by atoms with van der Waals surface area (Å²) in [6, 6.07) is 6.60. The molecule has 6 heteroatoms. The van der Waals surface area contributed by atoms with Crippen molar-refractivity contribution in [2.45, 2.75) is 12.6 Å². The van der Waals surface area contributed by atoms with Crippen molar-refractivity contribution >= 4 is 5.69 Å². The Labute approximate surface area is 103 Å². The summed E-state index contributed by atoms with van der Waals surface area (Å²) in [4.78, 5) is 14.3. The molecule has 1 atom stereocenters. The van der Waals surface area contributed by atoms with Crippen LogP contribution in [0.15, 0.2) is 36.8 Å². The summed E-state index contributed by atoms with van der Waals surface area (Å²) in [5.41, 5.74) is 2.10. The molecular formula is C12H11N3O3. The van der Waals surface area contributed by atoms with Crippen LogP contribution >= 0.6 is 0 Å². The van der Waals surface area contributed by atoms with Crippen molar-refractivity contribution in [3.63, 3.8) is 0 Å². The van der Waals surface area contributed by atoms with Crippen LogP contribution in [0.2, 0.25) is 0 Å². The largest absolute Gasteiger partial charge is 0.373 e. The number of ether oxygens (including phenoxy) is 1. The van der Waals surface area contributed by atoms with E-state index in [-0.39, 0.29) is 11.7 Å². The van der Waals surface area contributed by atoms with Crippen molar-refractivity contribution in [3.8, 4) is 0 Å². The molecule has 1 aliphatic heterocycles. The first-order valence-corrected chi connectivity index (χ1v) is 5.58. The van der Waals surface area contributed by atoms with Crippen molar-refractivity contribution in [1.29, 1.82) is 0 Å².